The molecule has 1 N–H and O–H groups in total. The summed E-state index contributed by atoms with van der Waals surface area (Å²) in [5.41, 5.74) is 0.210. The van der Waals surface area contributed by atoms with Gasteiger partial charge in [0.05, 0.1) is 6.20 Å². The quantitative estimate of drug-likeness (QED) is 0.683. The van der Waals surface area contributed by atoms with Crippen LogP contribution in [0.25, 0.3) is 0 Å². The van der Waals surface area contributed by atoms with E-state index in [1.54, 1.807) is 0 Å². The minimum Gasteiger partial charge on any atom is -0.448 e. The molecule has 0 unspecified atom stereocenters. The molecule has 0 aromatic carbocycles. The number of nitrogens with one attached hydrogen (secondary N) is 1. The lowest BCUT2D eigenvalue weighted by Crippen LogP contribution is -2.37. The molecule has 0 radical (unpaired) electrons. The van der Waals surface area contributed by atoms with Gasteiger partial charge in [0.25, 0.3) is 0 Å². The molecule has 0 spiro atoms. The zero-order valence-corrected chi connectivity index (χ0v) is 7.34. The van der Waals surface area contributed by atoms with Crippen molar-refractivity contribution < 1.29 is 4.42 Å². The smallest absolute Gasteiger partial charge is 0.180 e. The predicted octanol–water partition coefficient (Wildman–Crippen LogP) is 1.32. The average Bonchev–Trinajstić information content (AvgIpc) is 2.58. The molecule has 12 heavy (non-hydrogen) atoms. The van der Waals surface area contributed by atoms with Gasteiger partial charge in [-0.1, -0.05) is 6.92 Å². The Balaban J connectivity index is 2.19. The Morgan fingerprint density at radius 1 is 1.50 bits per heavy atom. The van der Waals surface area contributed by atoms with Gasteiger partial charge >= 0.3 is 0 Å². The molecule has 0 atom stereocenters. The number of hydrogen-bond donors (Lipinski definition) is 1. The van der Waals surface area contributed by atoms with Crippen LogP contribution in [-0.4, -0.2) is 18.1 Å². The summed E-state index contributed by atoms with van der Waals surface area (Å²) in [7, 11) is 0. The molecule has 1 fully saturated rings. The van der Waals surface area contributed by atoms with Crippen LogP contribution in [0.5, 0.6) is 0 Å². The first-order valence-corrected chi connectivity index (χ1v) is 4.41. The molecule has 1 aliphatic rings. The van der Waals surface area contributed by atoms with Crippen LogP contribution in [0.15, 0.2) is 17.0 Å². The Morgan fingerprint density at radius 2 is 2.25 bits per heavy atom. The second-order valence-corrected chi connectivity index (χ2v) is 3.68. The molecule has 1 aliphatic heterocycles. The summed E-state index contributed by atoms with van der Waals surface area (Å²) >= 11 is 0. The third-order valence-electron chi connectivity index (χ3n) is 2.73. The van der Waals surface area contributed by atoms with Gasteiger partial charge in [-0.25, -0.2) is 4.98 Å². The number of rotatable bonds is 1. The van der Waals surface area contributed by atoms with Crippen molar-refractivity contribution in [2.75, 3.05) is 13.1 Å². The summed E-state index contributed by atoms with van der Waals surface area (Å²) in [5, 5.41) is 3.34. The van der Waals surface area contributed by atoms with E-state index < -0.39 is 0 Å². The first kappa shape index (κ1) is 7.80. The van der Waals surface area contributed by atoms with Crippen molar-refractivity contribution in [1.82, 2.24) is 10.3 Å². The molecule has 0 aliphatic carbocycles. The van der Waals surface area contributed by atoms with E-state index in [0.29, 0.717) is 0 Å². The lowest BCUT2D eigenvalue weighted by Gasteiger charge is -2.31. The Morgan fingerprint density at radius 3 is 2.83 bits per heavy atom. The van der Waals surface area contributed by atoms with E-state index in [2.05, 4.69) is 17.2 Å². The molecule has 0 bridgehead atoms. The molecule has 0 amide bonds. The number of nitrogens with zero attached hydrogens (tertiary/aromatic N) is 1. The van der Waals surface area contributed by atoms with Crippen LogP contribution < -0.4 is 5.32 Å². The Labute approximate surface area is 72.2 Å². The SMILES string of the molecule is CC1(c2cnco2)CCNCC1. The highest BCUT2D eigenvalue weighted by atomic mass is 16.3. The normalized spacial score (nSPS) is 22.4. The number of piperidine rings is 1. The molecule has 0 saturated carbocycles. The van der Waals surface area contributed by atoms with Gasteiger partial charge in [0.2, 0.25) is 0 Å². The number of aromatic nitrogens is 1. The summed E-state index contributed by atoms with van der Waals surface area (Å²) in [6.45, 7) is 4.41. The third kappa shape index (κ3) is 1.25. The van der Waals surface area contributed by atoms with Crippen LogP contribution in [0.4, 0.5) is 0 Å². The summed E-state index contributed by atoms with van der Waals surface area (Å²) < 4.78 is 5.34. The predicted molar refractivity (Wildman–Crippen MR) is 46.0 cm³/mol. The molecule has 66 valence electrons. The summed E-state index contributed by atoms with van der Waals surface area (Å²) in [6, 6.07) is 0. The Kier molecular flexibility index (Phi) is 1.89. The second kappa shape index (κ2) is 2.90. The van der Waals surface area contributed by atoms with Crippen molar-refractivity contribution in [1.29, 1.82) is 0 Å². The van der Waals surface area contributed by atoms with Gasteiger partial charge in [0.1, 0.15) is 5.76 Å². The highest BCUT2D eigenvalue weighted by molar-refractivity contribution is 5.09. The second-order valence-electron chi connectivity index (χ2n) is 3.68. The fourth-order valence-electron chi connectivity index (χ4n) is 1.74. The van der Waals surface area contributed by atoms with Crippen LogP contribution in [0, 0.1) is 0 Å². The van der Waals surface area contributed by atoms with Crippen molar-refractivity contribution in [2.24, 2.45) is 0 Å². The standard InChI is InChI=1S/C9H14N2O/c1-9(2-4-10-5-3-9)8-6-11-7-12-8/h6-7,10H,2-5H2,1H3. The topological polar surface area (TPSA) is 38.1 Å². The monoisotopic (exact) mass is 166 g/mol. The van der Waals surface area contributed by atoms with Gasteiger partial charge in [-0.3, -0.25) is 0 Å². The van der Waals surface area contributed by atoms with Gasteiger partial charge < -0.3 is 9.73 Å². The van der Waals surface area contributed by atoms with Crippen molar-refractivity contribution in [3.8, 4) is 0 Å². The minimum atomic E-state index is 0.210. The summed E-state index contributed by atoms with van der Waals surface area (Å²) in [6.07, 6.45) is 5.64. The van der Waals surface area contributed by atoms with E-state index in [9.17, 15) is 0 Å². The van der Waals surface area contributed by atoms with Gasteiger partial charge in [-0.2, -0.15) is 0 Å². The Bertz CT molecular complexity index is 237. The molecule has 2 heterocycles. The van der Waals surface area contributed by atoms with E-state index >= 15 is 0 Å². The minimum absolute atomic E-state index is 0.210. The highest BCUT2D eigenvalue weighted by Gasteiger charge is 2.31. The molecule has 3 heteroatoms. The van der Waals surface area contributed by atoms with E-state index in [1.807, 2.05) is 6.20 Å². The van der Waals surface area contributed by atoms with E-state index in [4.69, 9.17) is 4.42 Å². The fraction of sp³-hybridized carbons (Fsp3) is 0.667. The lowest BCUT2D eigenvalue weighted by molar-refractivity contribution is 0.279. The number of hydrogen-bond acceptors (Lipinski definition) is 3. The fourth-order valence-corrected chi connectivity index (χ4v) is 1.74. The van der Waals surface area contributed by atoms with Gasteiger partial charge in [0, 0.05) is 5.41 Å². The van der Waals surface area contributed by atoms with Crippen LogP contribution >= 0.6 is 0 Å². The summed E-state index contributed by atoms with van der Waals surface area (Å²) in [4.78, 5) is 3.96. The third-order valence-corrected chi connectivity index (χ3v) is 2.73. The Hall–Kier alpha value is -0.830. The molecular formula is C9H14N2O. The average molecular weight is 166 g/mol. The zero-order chi connectivity index (χ0) is 8.44. The van der Waals surface area contributed by atoms with E-state index in [0.717, 1.165) is 31.7 Å². The maximum absolute atomic E-state index is 5.34. The van der Waals surface area contributed by atoms with Crippen molar-refractivity contribution >= 4 is 0 Å². The molecule has 1 aromatic heterocycles. The lowest BCUT2D eigenvalue weighted by atomic mass is 9.79. The molecular weight excluding hydrogens is 152 g/mol. The van der Waals surface area contributed by atoms with Crippen LogP contribution in [0.2, 0.25) is 0 Å². The van der Waals surface area contributed by atoms with Crippen molar-refractivity contribution in [2.45, 2.75) is 25.2 Å². The van der Waals surface area contributed by atoms with Gasteiger partial charge in [-0.05, 0) is 25.9 Å². The number of oxazole rings is 1. The van der Waals surface area contributed by atoms with Crippen molar-refractivity contribution in [3.63, 3.8) is 0 Å². The first-order valence-electron chi connectivity index (χ1n) is 4.41. The molecule has 1 aromatic rings. The van der Waals surface area contributed by atoms with Crippen molar-refractivity contribution in [3.05, 3.63) is 18.4 Å². The van der Waals surface area contributed by atoms with E-state index in [1.165, 1.54) is 6.39 Å². The molecule has 3 nitrogen and oxygen atoms in total. The first-order chi connectivity index (χ1) is 5.81. The maximum atomic E-state index is 5.34. The largest absolute Gasteiger partial charge is 0.448 e. The summed E-state index contributed by atoms with van der Waals surface area (Å²) in [5.74, 6) is 1.03. The van der Waals surface area contributed by atoms with Crippen LogP contribution in [-0.2, 0) is 5.41 Å². The van der Waals surface area contributed by atoms with Gasteiger partial charge in [-0.15, -0.1) is 0 Å². The van der Waals surface area contributed by atoms with Crippen LogP contribution in [0.3, 0.4) is 0 Å². The maximum Gasteiger partial charge on any atom is 0.180 e. The molecule has 1 saturated heterocycles. The van der Waals surface area contributed by atoms with Gasteiger partial charge in [0.15, 0.2) is 6.39 Å². The molecule has 2 rings (SSSR count). The highest BCUT2D eigenvalue weighted by Crippen LogP contribution is 2.32. The zero-order valence-electron chi connectivity index (χ0n) is 7.34. The van der Waals surface area contributed by atoms with Crippen LogP contribution in [0.1, 0.15) is 25.5 Å². The van der Waals surface area contributed by atoms with E-state index in [-0.39, 0.29) is 5.41 Å².